The highest BCUT2D eigenvalue weighted by Crippen LogP contribution is 2.20. The minimum absolute atomic E-state index is 0.183. The van der Waals surface area contributed by atoms with E-state index in [-0.39, 0.29) is 11.7 Å². The van der Waals surface area contributed by atoms with Crippen molar-refractivity contribution in [3.63, 3.8) is 0 Å². The summed E-state index contributed by atoms with van der Waals surface area (Å²) in [5, 5.41) is 0. The summed E-state index contributed by atoms with van der Waals surface area (Å²) in [5.74, 6) is 0.459. The maximum absolute atomic E-state index is 11.6. The van der Waals surface area contributed by atoms with Crippen molar-refractivity contribution in [3.8, 4) is 0 Å². The summed E-state index contributed by atoms with van der Waals surface area (Å²) in [6.45, 7) is 0. The molecular formula is C17H21NO. The number of carbonyl (C=O) groups is 1. The van der Waals surface area contributed by atoms with Gasteiger partial charge >= 0.3 is 0 Å². The highest BCUT2D eigenvalue weighted by Gasteiger charge is 2.16. The second kappa shape index (κ2) is 6.37. The summed E-state index contributed by atoms with van der Waals surface area (Å²) < 4.78 is 0. The van der Waals surface area contributed by atoms with E-state index in [2.05, 4.69) is 41.3 Å². The second-order valence-electron chi connectivity index (χ2n) is 5.20. The molecule has 1 unspecified atom stereocenters. The van der Waals surface area contributed by atoms with Gasteiger partial charge in [0.15, 0.2) is 5.78 Å². The van der Waals surface area contributed by atoms with Gasteiger partial charge in [0, 0.05) is 25.7 Å². The van der Waals surface area contributed by atoms with Crippen molar-refractivity contribution in [2.24, 2.45) is 5.92 Å². The molecule has 0 amide bonds. The minimum Gasteiger partial charge on any atom is -0.378 e. The zero-order valence-corrected chi connectivity index (χ0v) is 11.7. The Bertz CT molecular complexity index is 482. The Morgan fingerprint density at radius 3 is 2.63 bits per heavy atom. The fourth-order valence-corrected chi connectivity index (χ4v) is 2.26. The normalized spacial score (nSPS) is 19.1. The largest absolute Gasteiger partial charge is 0.378 e. The molecule has 2 heteroatoms. The van der Waals surface area contributed by atoms with Crippen molar-refractivity contribution >= 4 is 17.5 Å². The van der Waals surface area contributed by atoms with Gasteiger partial charge in [0.2, 0.25) is 0 Å². The Morgan fingerprint density at radius 2 is 2.00 bits per heavy atom. The van der Waals surface area contributed by atoms with Crippen LogP contribution < -0.4 is 4.90 Å². The van der Waals surface area contributed by atoms with Crippen LogP contribution >= 0.6 is 0 Å². The fraction of sp³-hybridized carbons (Fsp3) is 0.353. The van der Waals surface area contributed by atoms with E-state index in [1.54, 1.807) is 6.08 Å². The molecule has 1 aliphatic rings. The van der Waals surface area contributed by atoms with E-state index in [9.17, 15) is 4.79 Å². The van der Waals surface area contributed by atoms with Gasteiger partial charge in [0.25, 0.3) is 0 Å². The lowest BCUT2D eigenvalue weighted by molar-refractivity contribution is -0.118. The molecule has 1 aromatic carbocycles. The molecule has 0 aliphatic heterocycles. The molecule has 1 aliphatic carbocycles. The van der Waals surface area contributed by atoms with E-state index in [4.69, 9.17) is 0 Å². The Hall–Kier alpha value is -1.83. The Labute approximate surface area is 115 Å². The van der Waals surface area contributed by atoms with E-state index in [1.807, 2.05) is 20.2 Å². The first kappa shape index (κ1) is 13.6. The molecule has 0 aromatic heterocycles. The number of allylic oxidation sites excluding steroid dienone is 3. The molecule has 0 saturated heterocycles. The molecular weight excluding hydrogens is 234 g/mol. The van der Waals surface area contributed by atoms with Gasteiger partial charge in [-0.25, -0.2) is 0 Å². The van der Waals surface area contributed by atoms with Crippen molar-refractivity contribution in [1.82, 2.24) is 0 Å². The van der Waals surface area contributed by atoms with Gasteiger partial charge in [-0.1, -0.05) is 30.4 Å². The number of nitrogens with zero attached hydrogens (tertiary/aromatic N) is 1. The molecule has 19 heavy (non-hydrogen) atoms. The van der Waals surface area contributed by atoms with E-state index in [0.717, 1.165) is 19.3 Å². The third kappa shape index (κ3) is 3.82. The number of carbonyl (C=O) groups excluding carboxylic acids is 1. The van der Waals surface area contributed by atoms with E-state index >= 15 is 0 Å². The fourth-order valence-electron chi connectivity index (χ4n) is 2.26. The number of hydrogen-bond acceptors (Lipinski definition) is 2. The molecule has 0 N–H and O–H groups in total. The van der Waals surface area contributed by atoms with Crippen LogP contribution in [0.2, 0.25) is 0 Å². The monoisotopic (exact) mass is 255 g/mol. The van der Waals surface area contributed by atoms with Gasteiger partial charge in [-0.2, -0.15) is 0 Å². The van der Waals surface area contributed by atoms with Crippen LogP contribution in [0.3, 0.4) is 0 Å². The molecule has 0 radical (unpaired) electrons. The van der Waals surface area contributed by atoms with Gasteiger partial charge in [0.1, 0.15) is 0 Å². The first-order valence-electron chi connectivity index (χ1n) is 6.81. The Balaban J connectivity index is 1.91. The predicted molar refractivity (Wildman–Crippen MR) is 81.3 cm³/mol. The minimum atomic E-state index is 0.183. The van der Waals surface area contributed by atoms with Crippen LogP contribution in [0.15, 0.2) is 42.5 Å². The first-order valence-corrected chi connectivity index (χ1v) is 6.81. The Kier molecular flexibility index (Phi) is 4.56. The number of rotatable bonds is 4. The van der Waals surface area contributed by atoms with E-state index in [1.165, 1.54) is 11.3 Å². The van der Waals surface area contributed by atoms with E-state index < -0.39 is 0 Å². The van der Waals surface area contributed by atoms with Crippen LogP contribution in [0.1, 0.15) is 24.8 Å². The smallest absolute Gasteiger partial charge is 0.158 e. The zero-order chi connectivity index (χ0) is 13.7. The average Bonchev–Trinajstić information content (AvgIpc) is 2.41. The third-order valence-corrected chi connectivity index (χ3v) is 3.51. The van der Waals surface area contributed by atoms with Crippen molar-refractivity contribution in [2.45, 2.75) is 19.3 Å². The third-order valence-electron chi connectivity index (χ3n) is 3.51. The Morgan fingerprint density at radius 1 is 1.26 bits per heavy atom. The first-order chi connectivity index (χ1) is 9.16. The van der Waals surface area contributed by atoms with Crippen LogP contribution in [-0.4, -0.2) is 19.9 Å². The van der Waals surface area contributed by atoms with Crippen LogP contribution in [0.4, 0.5) is 5.69 Å². The maximum Gasteiger partial charge on any atom is 0.158 e. The molecule has 100 valence electrons. The second-order valence-corrected chi connectivity index (χ2v) is 5.20. The SMILES string of the molecule is CN(C)c1ccc(/C=C/CC2CCC=CC2=O)cc1. The zero-order valence-electron chi connectivity index (χ0n) is 11.7. The molecule has 0 fully saturated rings. The summed E-state index contributed by atoms with van der Waals surface area (Å²) in [4.78, 5) is 13.7. The quantitative estimate of drug-likeness (QED) is 0.817. The van der Waals surface area contributed by atoms with Gasteiger partial charge in [0.05, 0.1) is 0 Å². The van der Waals surface area contributed by atoms with Crippen molar-refractivity contribution in [2.75, 3.05) is 19.0 Å². The topological polar surface area (TPSA) is 20.3 Å². The van der Waals surface area contributed by atoms with Gasteiger partial charge < -0.3 is 4.90 Å². The summed E-state index contributed by atoms with van der Waals surface area (Å²) in [6, 6.07) is 8.42. The molecule has 0 heterocycles. The molecule has 2 rings (SSSR count). The number of benzene rings is 1. The number of hydrogen-bond donors (Lipinski definition) is 0. The summed E-state index contributed by atoms with van der Waals surface area (Å²) in [5.41, 5.74) is 2.38. The molecule has 0 spiro atoms. The van der Waals surface area contributed by atoms with Crippen molar-refractivity contribution in [1.29, 1.82) is 0 Å². The van der Waals surface area contributed by atoms with Crippen LogP contribution in [-0.2, 0) is 4.79 Å². The standard InChI is InChI=1S/C17H21NO/c1-18(2)16-12-10-14(11-13-16)6-5-8-15-7-3-4-9-17(15)19/h4-6,9-13,15H,3,7-8H2,1-2H3/b6-5+. The average molecular weight is 255 g/mol. The number of ketones is 1. The predicted octanol–water partition coefficient (Wildman–Crippen LogP) is 3.69. The molecule has 2 nitrogen and oxygen atoms in total. The molecule has 1 aromatic rings. The van der Waals surface area contributed by atoms with Crippen molar-refractivity contribution < 1.29 is 4.79 Å². The highest BCUT2D eigenvalue weighted by atomic mass is 16.1. The lowest BCUT2D eigenvalue weighted by atomic mass is 9.90. The summed E-state index contributed by atoms with van der Waals surface area (Å²) in [6.07, 6.45) is 10.8. The molecule has 0 bridgehead atoms. The highest BCUT2D eigenvalue weighted by molar-refractivity contribution is 5.92. The summed E-state index contributed by atoms with van der Waals surface area (Å²) in [7, 11) is 4.07. The van der Waals surface area contributed by atoms with Gasteiger partial charge in [-0.3, -0.25) is 4.79 Å². The summed E-state index contributed by atoms with van der Waals surface area (Å²) >= 11 is 0. The molecule has 1 atom stereocenters. The lowest BCUT2D eigenvalue weighted by Gasteiger charge is -2.14. The maximum atomic E-state index is 11.6. The number of anilines is 1. The van der Waals surface area contributed by atoms with Gasteiger partial charge in [-0.05, 0) is 43.0 Å². The van der Waals surface area contributed by atoms with Crippen LogP contribution in [0.5, 0.6) is 0 Å². The van der Waals surface area contributed by atoms with Gasteiger partial charge in [-0.15, -0.1) is 0 Å². The lowest BCUT2D eigenvalue weighted by Crippen LogP contribution is -2.13. The van der Waals surface area contributed by atoms with E-state index in [0.29, 0.717) is 0 Å². The van der Waals surface area contributed by atoms with Crippen molar-refractivity contribution in [3.05, 3.63) is 48.1 Å². The molecule has 0 saturated carbocycles. The van der Waals surface area contributed by atoms with Crippen LogP contribution in [0.25, 0.3) is 6.08 Å². The van der Waals surface area contributed by atoms with Crippen LogP contribution in [0, 0.1) is 5.92 Å².